The molecule has 17 heavy (non-hydrogen) atoms. The lowest BCUT2D eigenvalue weighted by Gasteiger charge is -2.27. The van der Waals surface area contributed by atoms with E-state index in [9.17, 15) is 9.90 Å². The quantitative estimate of drug-likeness (QED) is 0.793. The summed E-state index contributed by atoms with van der Waals surface area (Å²) in [6, 6.07) is 0. The summed E-state index contributed by atoms with van der Waals surface area (Å²) in [5.41, 5.74) is 0.171. The van der Waals surface area contributed by atoms with Crippen LogP contribution in [0.5, 0.6) is 0 Å². The first-order valence-corrected chi connectivity index (χ1v) is 6.75. The van der Waals surface area contributed by atoms with Gasteiger partial charge in [0.25, 0.3) is 0 Å². The number of rotatable bonds is 4. The molecule has 1 aliphatic carbocycles. The van der Waals surface area contributed by atoms with Gasteiger partial charge in [-0.05, 0) is 24.2 Å². The van der Waals surface area contributed by atoms with Crippen LogP contribution in [0.4, 0.5) is 0 Å². The second-order valence-corrected chi connectivity index (χ2v) is 6.53. The van der Waals surface area contributed by atoms with Crippen molar-refractivity contribution in [3.8, 4) is 0 Å². The molecule has 0 bridgehead atoms. The van der Waals surface area contributed by atoms with Gasteiger partial charge < -0.3 is 10.4 Å². The molecular weight excluding hydrogens is 214 g/mol. The Kier molecular flexibility index (Phi) is 4.99. The van der Waals surface area contributed by atoms with Crippen LogP contribution in [0.3, 0.4) is 0 Å². The molecule has 3 heteroatoms. The van der Waals surface area contributed by atoms with E-state index in [4.69, 9.17) is 0 Å². The SMILES string of the molecule is CC(CC(=O)NCC1CCCC1O)C(C)(C)C. The summed E-state index contributed by atoms with van der Waals surface area (Å²) in [4.78, 5) is 11.8. The second-order valence-electron chi connectivity index (χ2n) is 6.53. The zero-order chi connectivity index (χ0) is 13.1. The maximum atomic E-state index is 11.8. The van der Waals surface area contributed by atoms with Crippen LogP contribution in [0.2, 0.25) is 0 Å². The normalized spacial score (nSPS) is 26.9. The van der Waals surface area contributed by atoms with Gasteiger partial charge in [0, 0.05) is 18.9 Å². The van der Waals surface area contributed by atoms with Crippen molar-refractivity contribution < 1.29 is 9.90 Å². The van der Waals surface area contributed by atoms with Gasteiger partial charge in [-0.25, -0.2) is 0 Å². The first-order chi connectivity index (χ1) is 7.80. The molecule has 1 aliphatic rings. The molecule has 0 heterocycles. The third kappa shape index (κ3) is 4.66. The number of hydrogen-bond acceptors (Lipinski definition) is 2. The number of hydrogen-bond donors (Lipinski definition) is 2. The zero-order valence-corrected chi connectivity index (χ0v) is 11.6. The van der Waals surface area contributed by atoms with E-state index in [-0.39, 0.29) is 23.3 Å². The molecule has 0 aromatic rings. The summed E-state index contributed by atoms with van der Waals surface area (Å²) in [6.45, 7) is 9.23. The molecule has 0 spiro atoms. The number of aliphatic hydroxyl groups excluding tert-OH is 1. The van der Waals surface area contributed by atoms with Gasteiger partial charge in [-0.2, -0.15) is 0 Å². The minimum atomic E-state index is -0.213. The van der Waals surface area contributed by atoms with E-state index >= 15 is 0 Å². The summed E-state index contributed by atoms with van der Waals surface area (Å²) >= 11 is 0. The molecule has 1 fully saturated rings. The predicted molar refractivity (Wildman–Crippen MR) is 69.6 cm³/mol. The Labute approximate surface area is 105 Å². The molecule has 3 unspecified atom stereocenters. The van der Waals surface area contributed by atoms with Gasteiger partial charge in [-0.1, -0.05) is 34.1 Å². The molecular formula is C14H27NO2. The maximum Gasteiger partial charge on any atom is 0.220 e. The predicted octanol–water partition coefficient (Wildman–Crippen LogP) is 2.34. The van der Waals surface area contributed by atoms with E-state index in [0.717, 1.165) is 19.3 Å². The summed E-state index contributed by atoms with van der Waals surface area (Å²) in [7, 11) is 0. The molecule has 0 aliphatic heterocycles. The van der Waals surface area contributed by atoms with E-state index in [2.05, 4.69) is 33.0 Å². The molecule has 0 aromatic carbocycles. The molecule has 3 nitrogen and oxygen atoms in total. The zero-order valence-electron chi connectivity index (χ0n) is 11.6. The van der Waals surface area contributed by atoms with Gasteiger partial charge in [-0.3, -0.25) is 4.79 Å². The number of amides is 1. The number of carbonyl (C=O) groups excluding carboxylic acids is 1. The highest BCUT2D eigenvalue weighted by molar-refractivity contribution is 5.76. The fraction of sp³-hybridized carbons (Fsp3) is 0.929. The third-order valence-corrected chi connectivity index (χ3v) is 4.15. The van der Waals surface area contributed by atoms with Crippen LogP contribution >= 0.6 is 0 Å². The Morgan fingerprint density at radius 1 is 1.41 bits per heavy atom. The van der Waals surface area contributed by atoms with E-state index in [1.54, 1.807) is 0 Å². The Hall–Kier alpha value is -0.570. The van der Waals surface area contributed by atoms with Crippen LogP contribution in [-0.2, 0) is 4.79 Å². The van der Waals surface area contributed by atoms with Crippen molar-refractivity contribution in [2.75, 3.05) is 6.54 Å². The van der Waals surface area contributed by atoms with Gasteiger partial charge >= 0.3 is 0 Å². The van der Waals surface area contributed by atoms with E-state index in [0.29, 0.717) is 18.9 Å². The van der Waals surface area contributed by atoms with Crippen LogP contribution in [-0.4, -0.2) is 23.7 Å². The molecule has 3 atom stereocenters. The van der Waals surface area contributed by atoms with Crippen molar-refractivity contribution in [3.05, 3.63) is 0 Å². The monoisotopic (exact) mass is 241 g/mol. The third-order valence-electron chi connectivity index (χ3n) is 4.15. The Morgan fingerprint density at radius 2 is 2.06 bits per heavy atom. The number of carbonyl (C=O) groups is 1. The molecule has 0 saturated heterocycles. The van der Waals surface area contributed by atoms with E-state index in [1.807, 2.05) is 0 Å². The first kappa shape index (κ1) is 14.5. The molecule has 0 aromatic heterocycles. The standard InChI is InChI=1S/C14H27NO2/c1-10(14(2,3)4)8-13(17)15-9-11-6-5-7-12(11)16/h10-12,16H,5-9H2,1-4H3,(H,15,17). The van der Waals surface area contributed by atoms with Gasteiger partial charge in [0.05, 0.1) is 6.10 Å². The lowest BCUT2D eigenvalue weighted by molar-refractivity contribution is -0.123. The highest BCUT2D eigenvalue weighted by Gasteiger charge is 2.26. The Bertz CT molecular complexity index is 257. The van der Waals surface area contributed by atoms with Crippen molar-refractivity contribution in [1.82, 2.24) is 5.32 Å². The average Bonchev–Trinajstić information content (AvgIpc) is 2.59. The van der Waals surface area contributed by atoms with Gasteiger partial charge in [-0.15, -0.1) is 0 Å². The van der Waals surface area contributed by atoms with Crippen molar-refractivity contribution in [2.24, 2.45) is 17.3 Å². The topological polar surface area (TPSA) is 49.3 Å². The fourth-order valence-electron chi connectivity index (χ4n) is 2.16. The second kappa shape index (κ2) is 5.85. The Balaban J connectivity index is 2.26. The maximum absolute atomic E-state index is 11.8. The van der Waals surface area contributed by atoms with E-state index in [1.165, 1.54) is 0 Å². The van der Waals surface area contributed by atoms with Crippen molar-refractivity contribution in [2.45, 2.75) is 59.5 Å². The Morgan fingerprint density at radius 3 is 2.53 bits per heavy atom. The summed E-state index contributed by atoms with van der Waals surface area (Å²) < 4.78 is 0. The molecule has 1 saturated carbocycles. The minimum Gasteiger partial charge on any atom is -0.393 e. The molecule has 1 amide bonds. The summed E-state index contributed by atoms with van der Waals surface area (Å²) in [6.07, 6.45) is 3.37. The van der Waals surface area contributed by atoms with Gasteiger partial charge in [0.15, 0.2) is 0 Å². The van der Waals surface area contributed by atoms with Crippen LogP contribution < -0.4 is 5.32 Å². The average molecular weight is 241 g/mol. The highest BCUT2D eigenvalue weighted by Crippen LogP contribution is 2.28. The largest absolute Gasteiger partial charge is 0.393 e. The lowest BCUT2D eigenvalue weighted by Crippen LogP contribution is -2.34. The van der Waals surface area contributed by atoms with Gasteiger partial charge in [0.1, 0.15) is 0 Å². The van der Waals surface area contributed by atoms with Gasteiger partial charge in [0.2, 0.25) is 5.91 Å². The minimum absolute atomic E-state index is 0.117. The molecule has 0 radical (unpaired) electrons. The highest BCUT2D eigenvalue weighted by atomic mass is 16.3. The molecule has 2 N–H and O–H groups in total. The fourth-order valence-corrected chi connectivity index (χ4v) is 2.16. The van der Waals surface area contributed by atoms with Crippen molar-refractivity contribution in [1.29, 1.82) is 0 Å². The van der Waals surface area contributed by atoms with E-state index < -0.39 is 0 Å². The van der Waals surface area contributed by atoms with Crippen LogP contribution in [0.1, 0.15) is 53.4 Å². The van der Waals surface area contributed by atoms with Crippen molar-refractivity contribution >= 4 is 5.91 Å². The number of aliphatic hydroxyl groups is 1. The smallest absolute Gasteiger partial charge is 0.220 e. The van der Waals surface area contributed by atoms with Crippen LogP contribution in [0, 0.1) is 17.3 Å². The lowest BCUT2D eigenvalue weighted by atomic mass is 9.80. The van der Waals surface area contributed by atoms with Crippen molar-refractivity contribution in [3.63, 3.8) is 0 Å². The number of nitrogens with one attached hydrogen (secondary N) is 1. The van der Waals surface area contributed by atoms with Crippen LogP contribution in [0.15, 0.2) is 0 Å². The first-order valence-electron chi connectivity index (χ1n) is 6.75. The molecule has 100 valence electrons. The van der Waals surface area contributed by atoms with Crippen LogP contribution in [0.25, 0.3) is 0 Å². The molecule has 1 rings (SSSR count). The summed E-state index contributed by atoms with van der Waals surface area (Å²) in [5.74, 6) is 0.756. The summed E-state index contributed by atoms with van der Waals surface area (Å²) in [5, 5.41) is 12.6.